The zero-order valence-corrected chi connectivity index (χ0v) is 14.7. The Hall–Kier alpha value is -2.34. The van der Waals surface area contributed by atoms with Gasteiger partial charge >= 0.3 is 0 Å². The molecule has 0 aromatic heterocycles. The van der Waals surface area contributed by atoms with E-state index in [0.717, 1.165) is 10.0 Å². The Morgan fingerprint density at radius 3 is 2.54 bits per heavy atom. The third-order valence-electron chi connectivity index (χ3n) is 3.62. The van der Waals surface area contributed by atoms with Crippen LogP contribution in [0.3, 0.4) is 0 Å². The molecule has 0 fully saturated rings. The average molecular weight is 390 g/mol. The van der Waals surface area contributed by atoms with Crippen molar-refractivity contribution in [3.8, 4) is 11.5 Å². The van der Waals surface area contributed by atoms with E-state index in [0.29, 0.717) is 36.0 Å². The predicted molar refractivity (Wildman–Crippen MR) is 93.9 cm³/mol. The number of ketones is 1. The predicted octanol–water partition coefficient (Wildman–Crippen LogP) is 3.60. The van der Waals surface area contributed by atoms with Gasteiger partial charge in [-0.3, -0.25) is 9.59 Å². The summed E-state index contributed by atoms with van der Waals surface area (Å²) in [6.45, 7) is 2.51. The van der Waals surface area contributed by atoms with Crippen LogP contribution < -0.4 is 14.8 Å². The maximum Gasteiger partial charge on any atom is 0.228 e. The molecule has 0 spiro atoms. The molecule has 1 amide bonds. The fourth-order valence-electron chi connectivity index (χ4n) is 2.44. The van der Waals surface area contributed by atoms with Gasteiger partial charge in [0.1, 0.15) is 13.2 Å². The number of hydrogen-bond donors (Lipinski definition) is 1. The van der Waals surface area contributed by atoms with Crippen LogP contribution in [0.2, 0.25) is 0 Å². The third kappa shape index (κ3) is 3.76. The second-order valence-electron chi connectivity index (χ2n) is 5.45. The van der Waals surface area contributed by atoms with Gasteiger partial charge in [0.25, 0.3) is 0 Å². The third-order valence-corrected chi connectivity index (χ3v) is 4.35. The van der Waals surface area contributed by atoms with E-state index in [1.165, 1.54) is 6.92 Å². The van der Waals surface area contributed by atoms with Gasteiger partial charge < -0.3 is 14.8 Å². The average Bonchev–Trinajstić information content (AvgIpc) is 2.55. The van der Waals surface area contributed by atoms with E-state index in [-0.39, 0.29) is 18.1 Å². The zero-order chi connectivity index (χ0) is 17.1. The molecule has 1 N–H and O–H groups in total. The lowest BCUT2D eigenvalue weighted by atomic mass is 10.1. The molecular formula is C18H16BrNO4. The first-order chi connectivity index (χ1) is 11.5. The highest BCUT2D eigenvalue weighted by atomic mass is 79.9. The minimum Gasteiger partial charge on any atom is -0.486 e. The first-order valence-electron chi connectivity index (χ1n) is 7.52. The van der Waals surface area contributed by atoms with Crippen LogP contribution >= 0.6 is 15.9 Å². The van der Waals surface area contributed by atoms with Gasteiger partial charge in [-0.25, -0.2) is 0 Å². The van der Waals surface area contributed by atoms with Gasteiger partial charge in [0.05, 0.1) is 6.42 Å². The largest absolute Gasteiger partial charge is 0.486 e. The summed E-state index contributed by atoms with van der Waals surface area (Å²) < 4.78 is 11.8. The highest BCUT2D eigenvalue weighted by Crippen LogP contribution is 2.35. The van der Waals surface area contributed by atoms with Gasteiger partial charge in [-0.2, -0.15) is 0 Å². The molecule has 0 bridgehead atoms. The standard InChI is InChI=1S/C18H16BrNO4/c1-11(21)12-3-2-4-14(7-12)20-18(22)9-13-8-16-17(10-15(13)19)24-6-5-23-16/h2-4,7-8,10H,5-6,9H2,1H3,(H,20,22). The molecular weight excluding hydrogens is 374 g/mol. The SMILES string of the molecule is CC(=O)c1cccc(NC(=O)Cc2cc3c(cc2Br)OCCO3)c1. The van der Waals surface area contributed by atoms with Crippen molar-refractivity contribution in [1.29, 1.82) is 0 Å². The molecule has 2 aromatic carbocycles. The van der Waals surface area contributed by atoms with Gasteiger partial charge in [-0.15, -0.1) is 0 Å². The van der Waals surface area contributed by atoms with Gasteiger partial charge in [0.15, 0.2) is 17.3 Å². The molecule has 0 aliphatic carbocycles. The smallest absolute Gasteiger partial charge is 0.228 e. The minimum atomic E-state index is -0.173. The van der Waals surface area contributed by atoms with Gasteiger partial charge in [-0.05, 0) is 36.8 Å². The number of carbonyl (C=O) groups is 2. The first kappa shape index (κ1) is 16.5. The second kappa shape index (κ2) is 7.05. The summed E-state index contributed by atoms with van der Waals surface area (Å²) in [7, 11) is 0. The Balaban J connectivity index is 1.73. The lowest BCUT2D eigenvalue weighted by molar-refractivity contribution is -0.115. The summed E-state index contributed by atoms with van der Waals surface area (Å²) in [5.41, 5.74) is 1.97. The quantitative estimate of drug-likeness (QED) is 0.811. The molecule has 0 radical (unpaired) electrons. The molecule has 124 valence electrons. The Kier molecular flexibility index (Phi) is 4.85. The Morgan fingerprint density at radius 2 is 1.83 bits per heavy atom. The van der Waals surface area contributed by atoms with Crippen LogP contribution in [0.15, 0.2) is 40.9 Å². The highest BCUT2D eigenvalue weighted by molar-refractivity contribution is 9.10. The molecule has 0 atom stereocenters. The molecule has 1 aliphatic heterocycles. The van der Waals surface area contributed by atoms with Crippen molar-refractivity contribution in [3.05, 3.63) is 52.0 Å². The Bertz CT molecular complexity index is 804. The Labute approximate surface area is 148 Å². The molecule has 24 heavy (non-hydrogen) atoms. The molecule has 0 saturated carbocycles. The van der Waals surface area contributed by atoms with E-state index in [1.54, 1.807) is 24.3 Å². The van der Waals surface area contributed by atoms with E-state index < -0.39 is 0 Å². The fourth-order valence-corrected chi connectivity index (χ4v) is 2.90. The second-order valence-corrected chi connectivity index (χ2v) is 6.30. The van der Waals surface area contributed by atoms with Crippen LogP contribution in [0.4, 0.5) is 5.69 Å². The number of ether oxygens (including phenoxy) is 2. The van der Waals surface area contributed by atoms with Crippen molar-refractivity contribution < 1.29 is 19.1 Å². The summed E-state index contributed by atoms with van der Waals surface area (Å²) in [5, 5.41) is 2.81. The minimum absolute atomic E-state index is 0.0410. The van der Waals surface area contributed by atoms with E-state index in [9.17, 15) is 9.59 Å². The van der Waals surface area contributed by atoms with Crippen molar-refractivity contribution >= 4 is 33.3 Å². The van der Waals surface area contributed by atoms with E-state index in [2.05, 4.69) is 21.2 Å². The molecule has 2 aromatic rings. The van der Waals surface area contributed by atoms with Crippen molar-refractivity contribution in [3.63, 3.8) is 0 Å². The van der Waals surface area contributed by atoms with Crippen molar-refractivity contribution in [2.45, 2.75) is 13.3 Å². The van der Waals surface area contributed by atoms with Gasteiger partial charge in [-0.1, -0.05) is 28.1 Å². The van der Waals surface area contributed by atoms with Crippen LogP contribution in [0, 0.1) is 0 Å². The van der Waals surface area contributed by atoms with Crippen LogP contribution in [0.1, 0.15) is 22.8 Å². The number of hydrogen-bond acceptors (Lipinski definition) is 4. The maximum atomic E-state index is 12.3. The number of rotatable bonds is 4. The topological polar surface area (TPSA) is 64.6 Å². The summed E-state index contributed by atoms with van der Waals surface area (Å²) in [5.74, 6) is 1.10. The Morgan fingerprint density at radius 1 is 1.12 bits per heavy atom. The number of nitrogens with one attached hydrogen (secondary N) is 1. The first-order valence-corrected chi connectivity index (χ1v) is 8.31. The molecule has 1 heterocycles. The summed E-state index contributed by atoms with van der Waals surface area (Å²) in [6, 6.07) is 10.5. The highest BCUT2D eigenvalue weighted by Gasteiger charge is 2.16. The number of Topliss-reactive ketones (excluding diaryl/α,β-unsaturated/α-hetero) is 1. The molecule has 5 nitrogen and oxygen atoms in total. The maximum absolute atomic E-state index is 12.3. The lowest BCUT2D eigenvalue weighted by Crippen LogP contribution is -2.17. The number of anilines is 1. The summed E-state index contributed by atoms with van der Waals surface area (Å²) in [6.07, 6.45) is 0.182. The van der Waals surface area contributed by atoms with Crippen molar-refractivity contribution in [1.82, 2.24) is 0 Å². The van der Waals surface area contributed by atoms with Crippen LogP contribution in [-0.2, 0) is 11.2 Å². The van der Waals surface area contributed by atoms with Crippen molar-refractivity contribution in [2.75, 3.05) is 18.5 Å². The molecule has 0 unspecified atom stereocenters. The number of fused-ring (bicyclic) bond motifs is 1. The van der Waals surface area contributed by atoms with Crippen LogP contribution in [0.5, 0.6) is 11.5 Å². The number of carbonyl (C=O) groups excluding carboxylic acids is 2. The molecule has 0 saturated heterocycles. The van der Waals surface area contributed by atoms with Crippen LogP contribution in [-0.4, -0.2) is 24.9 Å². The number of amides is 1. The molecule has 6 heteroatoms. The van der Waals surface area contributed by atoms with Crippen molar-refractivity contribution in [2.24, 2.45) is 0 Å². The normalized spacial score (nSPS) is 12.6. The van der Waals surface area contributed by atoms with Gasteiger partial charge in [0, 0.05) is 15.7 Å². The number of halogens is 1. The van der Waals surface area contributed by atoms with Crippen LogP contribution in [0.25, 0.3) is 0 Å². The number of benzene rings is 2. The van der Waals surface area contributed by atoms with E-state index in [4.69, 9.17) is 9.47 Å². The molecule has 3 rings (SSSR count). The van der Waals surface area contributed by atoms with Gasteiger partial charge in [0.2, 0.25) is 5.91 Å². The fraction of sp³-hybridized carbons (Fsp3) is 0.222. The van der Waals surface area contributed by atoms with E-state index >= 15 is 0 Å². The van der Waals surface area contributed by atoms with E-state index in [1.807, 2.05) is 12.1 Å². The molecule has 1 aliphatic rings. The monoisotopic (exact) mass is 389 g/mol. The lowest BCUT2D eigenvalue weighted by Gasteiger charge is -2.19. The summed E-state index contributed by atoms with van der Waals surface area (Å²) in [4.78, 5) is 23.7. The summed E-state index contributed by atoms with van der Waals surface area (Å²) >= 11 is 3.46. The zero-order valence-electron chi connectivity index (χ0n) is 13.1.